The molecule has 3 rings (SSSR count). The molecule has 1 aromatic rings. The molecule has 2 aliphatic rings. The van der Waals surface area contributed by atoms with Gasteiger partial charge >= 0.3 is 0 Å². The minimum Gasteiger partial charge on any atom is -0.379 e. The molecule has 2 N–H and O–H groups in total. The normalized spacial score (nSPS) is 26.8. The monoisotopic (exact) mass is 355 g/mol. The third-order valence-corrected chi connectivity index (χ3v) is 5.00. The molecule has 24 heavy (non-hydrogen) atoms. The molecular formula is C17H26ClN3O3. The van der Waals surface area contributed by atoms with E-state index in [2.05, 4.69) is 10.6 Å². The lowest BCUT2D eigenvalue weighted by atomic mass is 9.94. The number of hydrogen-bond donors (Lipinski definition) is 2. The number of nitro benzene ring substituents is 1. The van der Waals surface area contributed by atoms with Crippen molar-refractivity contribution < 1.29 is 9.66 Å². The lowest BCUT2D eigenvalue weighted by Crippen LogP contribution is -2.51. The van der Waals surface area contributed by atoms with Crippen molar-refractivity contribution >= 4 is 18.1 Å². The summed E-state index contributed by atoms with van der Waals surface area (Å²) in [6.45, 7) is 3.51. The highest BCUT2D eigenvalue weighted by Crippen LogP contribution is 2.29. The molecule has 1 saturated carbocycles. The van der Waals surface area contributed by atoms with E-state index in [0.717, 1.165) is 38.3 Å². The number of nitrogens with zero attached hydrogens (tertiary/aromatic N) is 1. The van der Waals surface area contributed by atoms with Crippen LogP contribution in [0, 0.1) is 16.0 Å². The molecule has 1 heterocycles. The van der Waals surface area contributed by atoms with Crippen LogP contribution in [0.1, 0.15) is 24.8 Å². The maximum Gasteiger partial charge on any atom is 0.269 e. The average molecular weight is 356 g/mol. The maximum atomic E-state index is 10.7. The van der Waals surface area contributed by atoms with E-state index in [0.29, 0.717) is 18.0 Å². The highest BCUT2D eigenvalue weighted by atomic mass is 35.5. The highest BCUT2D eigenvalue weighted by Gasteiger charge is 2.34. The third kappa shape index (κ3) is 4.89. The van der Waals surface area contributed by atoms with E-state index >= 15 is 0 Å². The standard InChI is InChI=1S/C17H25N3O3.ClH/c21-20(22)14-6-4-13(5-7-14)8-9-18-16-3-1-2-15(16)17-12-23-11-10-19-17;/h4-7,15-19H,1-3,8-12H2;1H. The van der Waals surface area contributed by atoms with Gasteiger partial charge < -0.3 is 15.4 Å². The van der Waals surface area contributed by atoms with Crippen molar-refractivity contribution in [3.8, 4) is 0 Å². The number of morpholine rings is 1. The summed E-state index contributed by atoms with van der Waals surface area (Å²) in [7, 11) is 0. The lowest BCUT2D eigenvalue weighted by Gasteiger charge is -2.33. The minimum atomic E-state index is -0.357. The van der Waals surface area contributed by atoms with Gasteiger partial charge in [-0.05, 0) is 37.3 Å². The number of halogens is 1. The zero-order valence-corrected chi connectivity index (χ0v) is 14.6. The SMILES string of the molecule is Cl.O=[N+]([O-])c1ccc(CCNC2CCCC2C2COCCN2)cc1. The Kier molecular flexibility index (Phi) is 7.42. The number of benzene rings is 1. The minimum absolute atomic E-state index is 0. The van der Waals surface area contributed by atoms with Gasteiger partial charge in [0.25, 0.3) is 5.69 Å². The summed E-state index contributed by atoms with van der Waals surface area (Å²) in [5, 5.41) is 17.9. The fourth-order valence-electron chi connectivity index (χ4n) is 3.77. The van der Waals surface area contributed by atoms with Crippen LogP contribution in [0.3, 0.4) is 0 Å². The van der Waals surface area contributed by atoms with E-state index in [-0.39, 0.29) is 23.0 Å². The molecular weight excluding hydrogens is 330 g/mol. The summed E-state index contributed by atoms with van der Waals surface area (Å²) in [5.74, 6) is 0.646. The summed E-state index contributed by atoms with van der Waals surface area (Å²) in [5.41, 5.74) is 1.29. The second kappa shape index (κ2) is 9.32. The van der Waals surface area contributed by atoms with Crippen LogP contribution < -0.4 is 10.6 Å². The topological polar surface area (TPSA) is 76.4 Å². The van der Waals surface area contributed by atoms with E-state index < -0.39 is 0 Å². The van der Waals surface area contributed by atoms with E-state index in [1.54, 1.807) is 12.1 Å². The molecule has 7 heteroatoms. The number of rotatable bonds is 6. The van der Waals surface area contributed by atoms with Crippen LogP contribution in [-0.4, -0.2) is 43.3 Å². The van der Waals surface area contributed by atoms with Crippen molar-refractivity contribution in [3.05, 3.63) is 39.9 Å². The molecule has 0 bridgehead atoms. The fraction of sp³-hybridized carbons (Fsp3) is 0.647. The number of non-ortho nitro benzene ring substituents is 1. The van der Waals surface area contributed by atoms with Crippen LogP contribution in [0.25, 0.3) is 0 Å². The van der Waals surface area contributed by atoms with Gasteiger partial charge in [-0.25, -0.2) is 0 Å². The molecule has 3 unspecified atom stereocenters. The van der Waals surface area contributed by atoms with Gasteiger partial charge in [0, 0.05) is 30.8 Å². The molecule has 1 saturated heterocycles. The van der Waals surface area contributed by atoms with E-state index in [1.165, 1.54) is 19.3 Å². The Balaban J connectivity index is 0.00000208. The summed E-state index contributed by atoms with van der Waals surface area (Å²) >= 11 is 0. The first-order valence-electron chi connectivity index (χ1n) is 8.52. The molecule has 0 amide bonds. The zero-order valence-electron chi connectivity index (χ0n) is 13.8. The number of hydrogen-bond acceptors (Lipinski definition) is 5. The lowest BCUT2D eigenvalue weighted by molar-refractivity contribution is -0.384. The Hall–Kier alpha value is -1.21. The van der Waals surface area contributed by atoms with Gasteiger partial charge in [-0.3, -0.25) is 10.1 Å². The molecule has 6 nitrogen and oxygen atoms in total. The predicted molar refractivity (Wildman–Crippen MR) is 95.8 cm³/mol. The van der Waals surface area contributed by atoms with Gasteiger partial charge in [0.1, 0.15) is 0 Å². The molecule has 1 aliphatic heterocycles. The van der Waals surface area contributed by atoms with Gasteiger partial charge in [0.15, 0.2) is 0 Å². The Morgan fingerprint density at radius 2 is 2.08 bits per heavy atom. The van der Waals surface area contributed by atoms with E-state index in [1.807, 2.05) is 12.1 Å². The summed E-state index contributed by atoms with van der Waals surface area (Å²) in [6.07, 6.45) is 4.66. The molecule has 1 aliphatic carbocycles. The van der Waals surface area contributed by atoms with Gasteiger partial charge in [0.2, 0.25) is 0 Å². The molecule has 0 radical (unpaired) electrons. The van der Waals surface area contributed by atoms with Gasteiger partial charge in [-0.2, -0.15) is 0 Å². The number of ether oxygens (including phenoxy) is 1. The molecule has 2 fully saturated rings. The largest absolute Gasteiger partial charge is 0.379 e. The second-order valence-electron chi connectivity index (χ2n) is 6.46. The smallest absolute Gasteiger partial charge is 0.269 e. The second-order valence-corrected chi connectivity index (χ2v) is 6.46. The predicted octanol–water partition coefficient (Wildman–Crippen LogP) is 2.31. The van der Waals surface area contributed by atoms with Crippen LogP contribution in [0.15, 0.2) is 24.3 Å². The van der Waals surface area contributed by atoms with Crippen LogP contribution in [0.4, 0.5) is 5.69 Å². The van der Waals surface area contributed by atoms with Crippen LogP contribution >= 0.6 is 12.4 Å². The Labute approximate surface area is 148 Å². The van der Waals surface area contributed by atoms with Crippen molar-refractivity contribution in [1.29, 1.82) is 0 Å². The highest BCUT2D eigenvalue weighted by molar-refractivity contribution is 5.85. The van der Waals surface area contributed by atoms with Crippen LogP contribution in [-0.2, 0) is 11.2 Å². The van der Waals surface area contributed by atoms with Crippen molar-refractivity contribution in [3.63, 3.8) is 0 Å². The zero-order chi connectivity index (χ0) is 16.1. The first kappa shape index (κ1) is 19.1. The van der Waals surface area contributed by atoms with Gasteiger partial charge in [0.05, 0.1) is 18.1 Å². The van der Waals surface area contributed by atoms with Gasteiger partial charge in [-0.1, -0.05) is 18.6 Å². The Morgan fingerprint density at radius 1 is 1.29 bits per heavy atom. The van der Waals surface area contributed by atoms with Crippen molar-refractivity contribution in [2.45, 2.75) is 37.8 Å². The van der Waals surface area contributed by atoms with E-state index in [9.17, 15) is 10.1 Å². The molecule has 134 valence electrons. The molecule has 1 aromatic carbocycles. The van der Waals surface area contributed by atoms with Crippen molar-refractivity contribution in [2.24, 2.45) is 5.92 Å². The van der Waals surface area contributed by atoms with Crippen LogP contribution in [0.5, 0.6) is 0 Å². The third-order valence-electron chi connectivity index (χ3n) is 5.00. The summed E-state index contributed by atoms with van der Waals surface area (Å²) in [6, 6.07) is 7.88. The first-order valence-corrected chi connectivity index (χ1v) is 8.52. The van der Waals surface area contributed by atoms with Crippen LogP contribution in [0.2, 0.25) is 0 Å². The van der Waals surface area contributed by atoms with E-state index in [4.69, 9.17) is 4.74 Å². The summed E-state index contributed by atoms with van der Waals surface area (Å²) in [4.78, 5) is 10.3. The number of nitro groups is 1. The maximum absolute atomic E-state index is 10.7. The van der Waals surface area contributed by atoms with Gasteiger partial charge in [-0.15, -0.1) is 12.4 Å². The quantitative estimate of drug-likeness (QED) is 0.605. The average Bonchev–Trinajstić information content (AvgIpc) is 3.05. The fourth-order valence-corrected chi connectivity index (χ4v) is 3.77. The van der Waals surface area contributed by atoms with Crippen molar-refractivity contribution in [1.82, 2.24) is 10.6 Å². The molecule has 0 spiro atoms. The Bertz CT molecular complexity index is 520. The van der Waals surface area contributed by atoms with Crippen molar-refractivity contribution in [2.75, 3.05) is 26.3 Å². The summed E-state index contributed by atoms with van der Waals surface area (Å²) < 4.78 is 5.60. The first-order chi connectivity index (χ1) is 11.2. The molecule has 3 atom stereocenters. The number of nitrogens with one attached hydrogen (secondary N) is 2. The Morgan fingerprint density at radius 3 is 2.75 bits per heavy atom. The molecule has 0 aromatic heterocycles.